The van der Waals surface area contributed by atoms with Gasteiger partial charge in [-0.3, -0.25) is 14.5 Å². The van der Waals surface area contributed by atoms with Gasteiger partial charge in [0.1, 0.15) is 5.82 Å². The Morgan fingerprint density at radius 3 is 2.82 bits per heavy atom. The minimum atomic E-state index is 0.0945. The Labute approximate surface area is 196 Å². The summed E-state index contributed by atoms with van der Waals surface area (Å²) in [6.45, 7) is 5.65. The van der Waals surface area contributed by atoms with Gasteiger partial charge < -0.3 is 15.2 Å². The molecular weight excluding hydrogens is 414 g/mol. The topological polar surface area (TPSA) is 81.3 Å². The van der Waals surface area contributed by atoms with Crippen LogP contribution in [0.2, 0.25) is 0 Å². The third-order valence-electron chi connectivity index (χ3n) is 8.10. The van der Waals surface area contributed by atoms with Crippen molar-refractivity contribution in [3.05, 3.63) is 30.1 Å². The van der Waals surface area contributed by atoms with E-state index < -0.39 is 0 Å². The minimum Gasteiger partial charge on any atom is -0.356 e. The molecule has 0 radical (unpaired) electrons. The molecule has 0 unspecified atom stereocenters. The van der Waals surface area contributed by atoms with Gasteiger partial charge in [-0.25, -0.2) is 4.98 Å². The second-order valence-electron chi connectivity index (χ2n) is 10.2. The number of hydrogen-bond acceptors (Lipinski definition) is 4. The number of aromatic nitrogens is 2. The first-order valence-electron chi connectivity index (χ1n) is 12.8. The van der Waals surface area contributed by atoms with Gasteiger partial charge in [0.15, 0.2) is 0 Å². The van der Waals surface area contributed by atoms with Crippen molar-refractivity contribution in [3.63, 3.8) is 0 Å². The summed E-state index contributed by atoms with van der Waals surface area (Å²) in [5, 5.41) is 3.05. The Morgan fingerprint density at radius 1 is 1.18 bits per heavy atom. The molecule has 4 heterocycles. The molecule has 0 aliphatic carbocycles. The van der Waals surface area contributed by atoms with Crippen LogP contribution in [-0.4, -0.2) is 69.8 Å². The summed E-state index contributed by atoms with van der Waals surface area (Å²) in [5.74, 6) is 2.40. The van der Waals surface area contributed by atoms with Crippen molar-refractivity contribution < 1.29 is 9.59 Å². The van der Waals surface area contributed by atoms with Gasteiger partial charge in [0.2, 0.25) is 11.8 Å². The highest BCUT2D eigenvalue weighted by Crippen LogP contribution is 2.43. The monoisotopic (exact) mass is 451 g/mol. The first-order valence-corrected chi connectivity index (χ1v) is 12.8. The Bertz CT molecular complexity index is 953. The van der Waals surface area contributed by atoms with E-state index in [9.17, 15) is 9.59 Å². The molecule has 33 heavy (non-hydrogen) atoms. The summed E-state index contributed by atoms with van der Waals surface area (Å²) in [6, 6.07) is 8.91. The maximum Gasteiger partial charge on any atom is 0.220 e. The SMILES string of the molecule is CC(=O)N1C[C@@H]2CCCN3CCC[C@@H]([C@H]23)[C@H]1CCCC(=O)NCCc1nc2ccccc2[nH]1. The zero-order valence-corrected chi connectivity index (χ0v) is 19.8. The van der Waals surface area contributed by atoms with E-state index in [2.05, 4.69) is 25.1 Å². The molecular formula is C26H37N5O2. The van der Waals surface area contributed by atoms with E-state index in [1.165, 1.54) is 38.8 Å². The zero-order valence-electron chi connectivity index (χ0n) is 19.8. The number of benzene rings is 1. The van der Waals surface area contributed by atoms with E-state index in [1.54, 1.807) is 6.92 Å². The lowest BCUT2D eigenvalue weighted by Crippen LogP contribution is -2.65. The van der Waals surface area contributed by atoms with Gasteiger partial charge in [-0.1, -0.05) is 12.1 Å². The summed E-state index contributed by atoms with van der Waals surface area (Å²) in [4.78, 5) is 37.7. The summed E-state index contributed by atoms with van der Waals surface area (Å²) in [6.07, 6.45) is 7.95. The van der Waals surface area contributed by atoms with Crippen molar-refractivity contribution in [2.45, 2.75) is 70.4 Å². The average Bonchev–Trinajstić information content (AvgIpc) is 3.23. The molecule has 7 heteroatoms. The number of aromatic amines is 1. The second kappa shape index (κ2) is 9.84. The standard InChI is InChI=1S/C26H37N5O2/c1-18(32)31-17-19-7-5-15-30-16-6-8-20(26(19)30)23(31)11-4-12-25(33)27-14-13-24-28-21-9-2-3-10-22(21)29-24/h2-3,9-10,19-20,23,26H,4-8,11-17H2,1H3,(H,27,33)(H,28,29)/t19-,20+,23+,26-/m0/s1. The zero-order chi connectivity index (χ0) is 22.8. The fourth-order valence-corrected chi connectivity index (χ4v) is 6.73. The fourth-order valence-electron chi connectivity index (χ4n) is 6.73. The Balaban J connectivity index is 1.12. The van der Waals surface area contributed by atoms with Gasteiger partial charge in [0.05, 0.1) is 11.0 Å². The van der Waals surface area contributed by atoms with Gasteiger partial charge in [-0.2, -0.15) is 0 Å². The molecule has 3 saturated heterocycles. The van der Waals surface area contributed by atoms with Crippen molar-refractivity contribution in [1.29, 1.82) is 0 Å². The number of hydrogen-bond donors (Lipinski definition) is 2. The first kappa shape index (κ1) is 22.4. The largest absolute Gasteiger partial charge is 0.356 e. The molecule has 3 aliphatic heterocycles. The van der Waals surface area contributed by atoms with Crippen LogP contribution in [-0.2, 0) is 16.0 Å². The number of H-pyrrole nitrogens is 1. The summed E-state index contributed by atoms with van der Waals surface area (Å²) < 4.78 is 0. The predicted molar refractivity (Wildman–Crippen MR) is 129 cm³/mol. The number of carbonyl (C=O) groups excluding carboxylic acids is 2. The average molecular weight is 452 g/mol. The van der Waals surface area contributed by atoms with Crippen LogP contribution in [0.25, 0.3) is 11.0 Å². The van der Waals surface area contributed by atoms with Crippen molar-refractivity contribution in [3.8, 4) is 0 Å². The number of nitrogens with one attached hydrogen (secondary N) is 2. The van der Waals surface area contributed by atoms with E-state index in [-0.39, 0.29) is 17.9 Å². The van der Waals surface area contributed by atoms with Crippen LogP contribution in [0, 0.1) is 11.8 Å². The molecule has 0 bridgehead atoms. The van der Waals surface area contributed by atoms with Gasteiger partial charge in [-0.05, 0) is 75.6 Å². The van der Waals surface area contributed by atoms with Crippen LogP contribution >= 0.6 is 0 Å². The van der Waals surface area contributed by atoms with E-state index in [0.717, 1.165) is 36.2 Å². The number of piperidine rings is 3. The molecule has 5 rings (SSSR count). The van der Waals surface area contributed by atoms with Gasteiger partial charge in [-0.15, -0.1) is 0 Å². The van der Waals surface area contributed by atoms with Crippen LogP contribution in [0.1, 0.15) is 57.7 Å². The van der Waals surface area contributed by atoms with Crippen molar-refractivity contribution in [1.82, 2.24) is 25.1 Å². The first-order chi connectivity index (χ1) is 16.1. The molecule has 3 aliphatic rings. The molecule has 178 valence electrons. The van der Waals surface area contributed by atoms with Crippen molar-refractivity contribution >= 4 is 22.8 Å². The normalized spacial score (nSPS) is 27.4. The second-order valence-corrected chi connectivity index (χ2v) is 10.2. The van der Waals surface area contributed by atoms with E-state index in [4.69, 9.17) is 0 Å². The highest BCUT2D eigenvalue weighted by Gasteiger charge is 2.48. The number of likely N-dealkylation sites (tertiary alicyclic amines) is 1. The van der Waals surface area contributed by atoms with Gasteiger partial charge in [0.25, 0.3) is 0 Å². The number of carbonyl (C=O) groups is 2. The minimum absolute atomic E-state index is 0.0945. The van der Waals surface area contributed by atoms with Crippen molar-refractivity contribution in [2.24, 2.45) is 11.8 Å². The summed E-state index contributed by atoms with van der Waals surface area (Å²) in [5.41, 5.74) is 1.99. The number of amides is 2. The molecule has 4 atom stereocenters. The molecule has 2 amide bonds. The van der Waals surface area contributed by atoms with Gasteiger partial charge in [0, 0.05) is 44.9 Å². The molecule has 1 aromatic carbocycles. The lowest BCUT2D eigenvalue weighted by molar-refractivity contribution is -0.144. The molecule has 2 aromatic rings. The van der Waals surface area contributed by atoms with Crippen LogP contribution in [0.15, 0.2) is 24.3 Å². The van der Waals surface area contributed by atoms with Crippen LogP contribution in [0.5, 0.6) is 0 Å². The molecule has 2 N–H and O–H groups in total. The molecule has 0 spiro atoms. The van der Waals surface area contributed by atoms with E-state index in [0.29, 0.717) is 37.3 Å². The van der Waals surface area contributed by atoms with E-state index in [1.807, 2.05) is 24.3 Å². The lowest BCUT2D eigenvalue weighted by atomic mass is 9.69. The Morgan fingerprint density at radius 2 is 2.00 bits per heavy atom. The van der Waals surface area contributed by atoms with Crippen molar-refractivity contribution in [2.75, 3.05) is 26.2 Å². The Hall–Kier alpha value is -2.41. The smallest absolute Gasteiger partial charge is 0.220 e. The summed E-state index contributed by atoms with van der Waals surface area (Å²) in [7, 11) is 0. The number of nitrogens with zero attached hydrogens (tertiary/aromatic N) is 3. The number of para-hydroxylation sites is 2. The highest BCUT2D eigenvalue weighted by atomic mass is 16.2. The third kappa shape index (κ3) is 4.79. The number of rotatable bonds is 7. The van der Waals surface area contributed by atoms with Crippen LogP contribution in [0.4, 0.5) is 0 Å². The summed E-state index contributed by atoms with van der Waals surface area (Å²) >= 11 is 0. The van der Waals surface area contributed by atoms with Crippen LogP contribution < -0.4 is 5.32 Å². The maximum absolute atomic E-state index is 12.5. The molecule has 3 fully saturated rings. The van der Waals surface area contributed by atoms with E-state index >= 15 is 0 Å². The predicted octanol–water partition coefficient (Wildman–Crippen LogP) is 3.11. The third-order valence-corrected chi connectivity index (χ3v) is 8.10. The van der Waals surface area contributed by atoms with Crippen LogP contribution in [0.3, 0.4) is 0 Å². The molecule has 0 saturated carbocycles. The highest BCUT2D eigenvalue weighted by molar-refractivity contribution is 5.76. The Kier molecular flexibility index (Phi) is 6.67. The quantitative estimate of drug-likeness (QED) is 0.678. The lowest BCUT2D eigenvalue weighted by Gasteiger charge is -2.57. The number of imidazole rings is 1. The van der Waals surface area contributed by atoms with Gasteiger partial charge >= 0.3 is 0 Å². The maximum atomic E-state index is 12.5. The number of fused-ring (bicyclic) bond motifs is 1. The molecule has 7 nitrogen and oxygen atoms in total. The fraction of sp³-hybridized carbons (Fsp3) is 0.654. The molecule has 1 aromatic heterocycles.